The zero-order valence-electron chi connectivity index (χ0n) is 11.9. The van der Waals surface area contributed by atoms with Gasteiger partial charge in [-0.3, -0.25) is 14.2 Å². The van der Waals surface area contributed by atoms with Crippen LogP contribution in [-0.4, -0.2) is 38.1 Å². The summed E-state index contributed by atoms with van der Waals surface area (Å²) in [6.07, 6.45) is 1.72. The Morgan fingerprint density at radius 3 is 2.61 bits per heavy atom. The molecule has 98 valence electrons. The van der Waals surface area contributed by atoms with Gasteiger partial charge in [0, 0.05) is 18.5 Å². The maximum absolute atomic E-state index is 11.8. The van der Waals surface area contributed by atoms with E-state index in [1.807, 2.05) is 4.90 Å². The Kier molecular flexibility index (Phi) is 3.44. The minimum Gasteiger partial charge on any atom is -0.295 e. The summed E-state index contributed by atoms with van der Waals surface area (Å²) in [6.45, 7) is 5.98. The number of hydrogen-bond donors (Lipinski definition) is 0. The van der Waals surface area contributed by atoms with Crippen LogP contribution in [0.25, 0.3) is 0 Å². The molecule has 0 bridgehead atoms. The maximum atomic E-state index is 11.8. The van der Waals surface area contributed by atoms with Gasteiger partial charge in [-0.15, -0.1) is 0 Å². The van der Waals surface area contributed by atoms with Gasteiger partial charge in [-0.1, -0.05) is 12.1 Å². The number of aryl methyl sites for hydroxylation is 1. The van der Waals surface area contributed by atoms with Crippen LogP contribution >= 0.6 is 0 Å². The van der Waals surface area contributed by atoms with Gasteiger partial charge in [0.25, 0.3) is 0 Å². The Morgan fingerprint density at radius 1 is 1.28 bits per heavy atom. The molecule has 0 spiro atoms. The Balaban J connectivity index is 2.24. The van der Waals surface area contributed by atoms with Gasteiger partial charge in [-0.25, -0.2) is 0 Å². The second-order valence-corrected chi connectivity index (χ2v) is 5.81. The number of rotatable bonds is 3. The second-order valence-electron chi connectivity index (χ2n) is 5.81. The molecule has 18 heavy (non-hydrogen) atoms. The standard InChI is InChI=1S/C15H23N2O/c1-12-7-5-8-14(13(12)2)17(3,4)11-16-10-6-9-15(16)18/h5,7-8H,6,9-11H2,1-4H3/q+1. The summed E-state index contributed by atoms with van der Waals surface area (Å²) in [5.74, 6) is 0.298. The van der Waals surface area contributed by atoms with E-state index in [4.69, 9.17) is 0 Å². The predicted molar refractivity (Wildman–Crippen MR) is 75.4 cm³/mol. The van der Waals surface area contributed by atoms with Crippen LogP contribution in [0.3, 0.4) is 0 Å². The Labute approximate surface area is 110 Å². The van der Waals surface area contributed by atoms with E-state index < -0.39 is 0 Å². The molecule has 3 nitrogen and oxygen atoms in total. The van der Waals surface area contributed by atoms with Crippen LogP contribution in [0.5, 0.6) is 0 Å². The van der Waals surface area contributed by atoms with E-state index in [-0.39, 0.29) is 0 Å². The number of carbonyl (C=O) groups excluding carboxylic acids is 1. The molecule has 0 atom stereocenters. The second kappa shape index (κ2) is 4.73. The number of nitrogens with zero attached hydrogens (tertiary/aromatic N) is 2. The summed E-state index contributed by atoms with van der Waals surface area (Å²) in [6, 6.07) is 6.41. The fourth-order valence-corrected chi connectivity index (χ4v) is 2.75. The highest BCUT2D eigenvalue weighted by atomic mass is 16.2. The number of hydrogen-bond acceptors (Lipinski definition) is 1. The molecule has 2 rings (SSSR count). The van der Waals surface area contributed by atoms with Crippen molar-refractivity contribution in [1.29, 1.82) is 0 Å². The minimum atomic E-state index is 0.298. The first kappa shape index (κ1) is 13.1. The topological polar surface area (TPSA) is 20.3 Å². The third kappa shape index (κ3) is 2.41. The summed E-state index contributed by atoms with van der Waals surface area (Å²) in [5.41, 5.74) is 3.94. The van der Waals surface area contributed by atoms with Gasteiger partial charge in [0.15, 0.2) is 6.67 Å². The van der Waals surface area contributed by atoms with Crippen molar-refractivity contribution in [2.45, 2.75) is 26.7 Å². The van der Waals surface area contributed by atoms with E-state index in [1.165, 1.54) is 16.8 Å². The molecule has 0 radical (unpaired) electrons. The van der Waals surface area contributed by atoms with Crippen molar-refractivity contribution in [2.75, 3.05) is 27.3 Å². The van der Waals surface area contributed by atoms with Crippen LogP contribution < -0.4 is 4.48 Å². The average Bonchev–Trinajstić information content (AvgIpc) is 2.67. The molecule has 3 heteroatoms. The average molecular weight is 247 g/mol. The SMILES string of the molecule is Cc1cccc([N+](C)(C)CN2CCCC2=O)c1C. The first-order valence-electron chi connectivity index (χ1n) is 6.59. The molecule has 1 aliphatic rings. The summed E-state index contributed by atoms with van der Waals surface area (Å²) in [7, 11) is 4.35. The smallest absolute Gasteiger partial charge is 0.226 e. The van der Waals surface area contributed by atoms with Gasteiger partial charge in [0.05, 0.1) is 14.1 Å². The lowest BCUT2D eigenvalue weighted by Gasteiger charge is -2.34. The summed E-state index contributed by atoms with van der Waals surface area (Å²) in [4.78, 5) is 13.7. The number of carbonyl (C=O) groups is 1. The molecule has 1 aromatic carbocycles. The maximum Gasteiger partial charge on any atom is 0.226 e. The van der Waals surface area contributed by atoms with E-state index in [0.717, 1.165) is 24.1 Å². The molecular formula is C15H23N2O+. The predicted octanol–water partition coefficient (Wildman–Crippen LogP) is 2.45. The molecule has 0 saturated carbocycles. The number of benzene rings is 1. The number of quaternary nitrogens is 1. The highest BCUT2D eigenvalue weighted by molar-refractivity contribution is 5.78. The van der Waals surface area contributed by atoms with Gasteiger partial charge in [-0.2, -0.15) is 0 Å². The van der Waals surface area contributed by atoms with Crippen molar-refractivity contribution in [2.24, 2.45) is 0 Å². The molecule has 0 N–H and O–H groups in total. The monoisotopic (exact) mass is 247 g/mol. The molecule has 1 amide bonds. The van der Waals surface area contributed by atoms with Gasteiger partial charge < -0.3 is 0 Å². The fraction of sp³-hybridized carbons (Fsp3) is 0.533. The summed E-state index contributed by atoms with van der Waals surface area (Å²) in [5, 5.41) is 0. The third-order valence-corrected chi connectivity index (χ3v) is 3.92. The first-order valence-corrected chi connectivity index (χ1v) is 6.59. The molecule has 1 saturated heterocycles. The zero-order chi connectivity index (χ0) is 13.3. The Hall–Kier alpha value is -1.35. The fourth-order valence-electron chi connectivity index (χ4n) is 2.75. The van der Waals surface area contributed by atoms with Crippen molar-refractivity contribution in [3.8, 4) is 0 Å². The van der Waals surface area contributed by atoms with Crippen LogP contribution in [0.2, 0.25) is 0 Å². The zero-order valence-corrected chi connectivity index (χ0v) is 11.9. The van der Waals surface area contributed by atoms with Crippen molar-refractivity contribution in [1.82, 2.24) is 9.38 Å². The van der Waals surface area contributed by atoms with Crippen LogP contribution in [0.4, 0.5) is 5.69 Å². The van der Waals surface area contributed by atoms with Crippen molar-refractivity contribution in [3.05, 3.63) is 29.3 Å². The van der Waals surface area contributed by atoms with Crippen molar-refractivity contribution in [3.63, 3.8) is 0 Å². The quantitative estimate of drug-likeness (QED) is 0.751. The first-order chi connectivity index (χ1) is 8.42. The lowest BCUT2D eigenvalue weighted by molar-refractivity contribution is -0.129. The van der Waals surface area contributed by atoms with Crippen LogP contribution in [0.1, 0.15) is 24.0 Å². The highest BCUT2D eigenvalue weighted by Gasteiger charge is 2.30. The number of amides is 1. The summed E-state index contributed by atoms with van der Waals surface area (Å²) >= 11 is 0. The normalized spacial score (nSPS) is 16.4. The van der Waals surface area contributed by atoms with Crippen molar-refractivity contribution < 1.29 is 4.79 Å². The van der Waals surface area contributed by atoms with Gasteiger partial charge in [0.2, 0.25) is 5.91 Å². The van der Waals surface area contributed by atoms with E-state index in [9.17, 15) is 4.79 Å². The molecule has 0 aromatic heterocycles. The lowest BCUT2D eigenvalue weighted by Crippen LogP contribution is -2.50. The molecule has 1 heterocycles. The lowest BCUT2D eigenvalue weighted by atomic mass is 10.1. The van der Waals surface area contributed by atoms with E-state index in [2.05, 4.69) is 46.1 Å². The number of likely N-dealkylation sites (tertiary alicyclic amines) is 1. The largest absolute Gasteiger partial charge is 0.295 e. The van der Waals surface area contributed by atoms with E-state index in [1.54, 1.807) is 0 Å². The van der Waals surface area contributed by atoms with Crippen LogP contribution in [-0.2, 0) is 4.79 Å². The highest BCUT2D eigenvalue weighted by Crippen LogP contribution is 2.27. The van der Waals surface area contributed by atoms with Crippen LogP contribution in [0, 0.1) is 13.8 Å². The molecule has 1 fully saturated rings. The Morgan fingerprint density at radius 2 is 2.00 bits per heavy atom. The van der Waals surface area contributed by atoms with Gasteiger partial charge in [0.1, 0.15) is 5.69 Å². The van der Waals surface area contributed by atoms with Crippen LogP contribution in [0.15, 0.2) is 18.2 Å². The minimum absolute atomic E-state index is 0.298. The molecule has 0 unspecified atom stereocenters. The van der Waals surface area contributed by atoms with E-state index >= 15 is 0 Å². The van der Waals surface area contributed by atoms with Gasteiger partial charge >= 0.3 is 0 Å². The molecule has 1 aromatic rings. The molecule has 0 aliphatic carbocycles. The summed E-state index contributed by atoms with van der Waals surface area (Å²) < 4.78 is 0.735. The van der Waals surface area contributed by atoms with Gasteiger partial charge in [-0.05, 0) is 31.9 Å². The Bertz CT molecular complexity index is 466. The molecule has 1 aliphatic heterocycles. The third-order valence-electron chi connectivity index (χ3n) is 3.92. The van der Waals surface area contributed by atoms with E-state index in [0.29, 0.717) is 12.3 Å². The van der Waals surface area contributed by atoms with Crippen molar-refractivity contribution >= 4 is 11.6 Å². The molecular weight excluding hydrogens is 224 g/mol.